The SMILES string of the molecule is O=C(NC1CCN(c2ncc(C(F)(F)F)cc2Br)CC1)c1ccncc1. The number of carbonyl (C=O) groups excluding carboxylic acids is 1. The van der Waals surface area contributed by atoms with Crippen LogP contribution in [0.15, 0.2) is 41.3 Å². The fraction of sp³-hybridized carbons (Fsp3) is 0.353. The van der Waals surface area contributed by atoms with Gasteiger partial charge in [-0.2, -0.15) is 13.2 Å². The monoisotopic (exact) mass is 428 g/mol. The molecule has 0 unspecified atom stereocenters. The van der Waals surface area contributed by atoms with Crippen molar-refractivity contribution in [1.82, 2.24) is 15.3 Å². The van der Waals surface area contributed by atoms with Crippen molar-refractivity contribution in [1.29, 1.82) is 0 Å². The van der Waals surface area contributed by atoms with E-state index in [4.69, 9.17) is 0 Å². The number of carbonyl (C=O) groups is 1. The van der Waals surface area contributed by atoms with Crippen molar-refractivity contribution in [3.63, 3.8) is 0 Å². The van der Waals surface area contributed by atoms with Gasteiger partial charge in [0.25, 0.3) is 5.91 Å². The third kappa shape index (κ3) is 4.32. The van der Waals surface area contributed by atoms with Crippen LogP contribution in [-0.2, 0) is 6.18 Å². The Morgan fingerprint density at radius 3 is 2.46 bits per heavy atom. The Morgan fingerprint density at radius 1 is 1.23 bits per heavy atom. The van der Waals surface area contributed by atoms with Crippen LogP contribution in [0.2, 0.25) is 0 Å². The molecule has 2 aromatic heterocycles. The molecule has 1 aliphatic rings. The molecule has 0 atom stereocenters. The molecular weight excluding hydrogens is 413 g/mol. The van der Waals surface area contributed by atoms with Crippen LogP contribution in [0, 0.1) is 0 Å². The number of rotatable bonds is 3. The van der Waals surface area contributed by atoms with E-state index in [9.17, 15) is 18.0 Å². The van der Waals surface area contributed by atoms with Crippen molar-refractivity contribution >= 4 is 27.7 Å². The predicted octanol–water partition coefficient (Wildman–Crippen LogP) is 3.66. The largest absolute Gasteiger partial charge is 0.417 e. The maximum Gasteiger partial charge on any atom is 0.417 e. The van der Waals surface area contributed by atoms with Crippen LogP contribution in [0.1, 0.15) is 28.8 Å². The molecule has 138 valence electrons. The molecule has 0 radical (unpaired) electrons. The number of anilines is 1. The average Bonchev–Trinajstić information content (AvgIpc) is 2.62. The van der Waals surface area contributed by atoms with Crippen LogP contribution < -0.4 is 10.2 Å². The van der Waals surface area contributed by atoms with Gasteiger partial charge in [0.1, 0.15) is 5.82 Å². The summed E-state index contributed by atoms with van der Waals surface area (Å²) in [4.78, 5) is 21.9. The molecule has 5 nitrogen and oxygen atoms in total. The summed E-state index contributed by atoms with van der Waals surface area (Å²) < 4.78 is 38.5. The quantitative estimate of drug-likeness (QED) is 0.810. The number of hydrogen-bond donors (Lipinski definition) is 1. The smallest absolute Gasteiger partial charge is 0.356 e. The molecule has 26 heavy (non-hydrogen) atoms. The Balaban J connectivity index is 1.59. The highest BCUT2D eigenvalue weighted by molar-refractivity contribution is 9.10. The molecule has 3 heterocycles. The molecule has 0 bridgehead atoms. The molecule has 0 aromatic carbocycles. The summed E-state index contributed by atoms with van der Waals surface area (Å²) in [5.74, 6) is 0.330. The summed E-state index contributed by atoms with van der Waals surface area (Å²) in [6.07, 6.45) is 0.921. The van der Waals surface area contributed by atoms with Crippen molar-refractivity contribution in [3.8, 4) is 0 Å². The van der Waals surface area contributed by atoms with Gasteiger partial charge in [-0.25, -0.2) is 4.98 Å². The lowest BCUT2D eigenvalue weighted by Gasteiger charge is -2.33. The number of hydrogen-bond acceptors (Lipinski definition) is 4. The minimum absolute atomic E-state index is 0.0140. The van der Waals surface area contributed by atoms with Gasteiger partial charge >= 0.3 is 6.18 Å². The van der Waals surface area contributed by atoms with E-state index in [0.717, 1.165) is 12.3 Å². The highest BCUT2D eigenvalue weighted by atomic mass is 79.9. The minimum atomic E-state index is -4.42. The number of nitrogens with one attached hydrogen (secondary N) is 1. The molecule has 1 fully saturated rings. The maximum absolute atomic E-state index is 12.7. The summed E-state index contributed by atoms with van der Waals surface area (Å²) >= 11 is 3.18. The first-order valence-corrected chi connectivity index (χ1v) is 8.82. The van der Waals surface area contributed by atoms with Crippen molar-refractivity contribution in [2.24, 2.45) is 0 Å². The topological polar surface area (TPSA) is 58.1 Å². The summed E-state index contributed by atoms with van der Waals surface area (Å²) in [7, 11) is 0. The highest BCUT2D eigenvalue weighted by Crippen LogP contribution is 2.34. The van der Waals surface area contributed by atoms with Gasteiger partial charge in [-0.1, -0.05) is 0 Å². The molecule has 9 heteroatoms. The fourth-order valence-electron chi connectivity index (χ4n) is 2.83. The van der Waals surface area contributed by atoms with Gasteiger partial charge < -0.3 is 10.2 Å². The van der Waals surface area contributed by atoms with Crippen LogP contribution in [-0.4, -0.2) is 35.0 Å². The van der Waals surface area contributed by atoms with Gasteiger partial charge in [0.05, 0.1) is 10.0 Å². The van der Waals surface area contributed by atoms with Gasteiger partial charge in [0.15, 0.2) is 0 Å². The van der Waals surface area contributed by atoms with E-state index in [1.54, 1.807) is 24.5 Å². The zero-order chi connectivity index (χ0) is 18.7. The third-order valence-corrected chi connectivity index (χ3v) is 4.80. The van der Waals surface area contributed by atoms with Crippen LogP contribution in [0.25, 0.3) is 0 Å². The summed E-state index contributed by atoms with van der Waals surface area (Å²) in [5.41, 5.74) is -0.234. The van der Waals surface area contributed by atoms with Crippen LogP contribution in [0.3, 0.4) is 0 Å². The van der Waals surface area contributed by atoms with Crippen molar-refractivity contribution in [2.75, 3.05) is 18.0 Å². The van der Waals surface area contributed by atoms with E-state index in [1.807, 2.05) is 4.90 Å². The highest BCUT2D eigenvalue weighted by Gasteiger charge is 2.32. The lowest BCUT2D eigenvalue weighted by molar-refractivity contribution is -0.137. The van der Waals surface area contributed by atoms with Crippen molar-refractivity contribution in [3.05, 3.63) is 52.4 Å². The molecule has 0 aliphatic carbocycles. The molecule has 2 aromatic rings. The molecule has 1 N–H and O–H groups in total. The maximum atomic E-state index is 12.7. The van der Waals surface area contributed by atoms with E-state index in [-0.39, 0.29) is 11.9 Å². The van der Waals surface area contributed by atoms with Crippen LogP contribution in [0.5, 0.6) is 0 Å². The second-order valence-corrected chi connectivity index (χ2v) is 6.85. The second-order valence-electron chi connectivity index (χ2n) is 6.00. The Hall–Kier alpha value is -2.16. The van der Waals surface area contributed by atoms with Gasteiger partial charge in [0, 0.05) is 43.3 Å². The summed E-state index contributed by atoms with van der Waals surface area (Å²) in [6, 6.07) is 4.35. The van der Waals surface area contributed by atoms with Gasteiger partial charge in [0.2, 0.25) is 0 Å². The molecule has 1 saturated heterocycles. The Morgan fingerprint density at radius 2 is 1.88 bits per heavy atom. The van der Waals surface area contributed by atoms with Gasteiger partial charge in [-0.3, -0.25) is 9.78 Å². The zero-order valence-corrected chi connectivity index (χ0v) is 15.2. The summed E-state index contributed by atoms with van der Waals surface area (Å²) in [5, 5.41) is 2.98. The van der Waals surface area contributed by atoms with Crippen LogP contribution in [0.4, 0.5) is 19.0 Å². The zero-order valence-electron chi connectivity index (χ0n) is 13.6. The predicted molar refractivity (Wildman–Crippen MR) is 93.9 cm³/mol. The molecule has 0 spiro atoms. The third-order valence-electron chi connectivity index (χ3n) is 4.22. The fourth-order valence-corrected chi connectivity index (χ4v) is 3.43. The summed E-state index contributed by atoms with van der Waals surface area (Å²) in [6.45, 7) is 1.19. The first kappa shape index (κ1) is 18.6. The minimum Gasteiger partial charge on any atom is -0.356 e. The Bertz CT molecular complexity index is 777. The molecular formula is C17H16BrF3N4O. The number of halogens is 4. The number of nitrogens with zero attached hydrogens (tertiary/aromatic N) is 3. The van der Waals surface area contributed by atoms with E-state index < -0.39 is 11.7 Å². The van der Waals surface area contributed by atoms with E-state index in [2.05, 4.69) is 31.2 Å². The number of amides is 1. The molecule has 1 amide bonds. The van der Waals surface area contributed by atoms with Gasteiger partial charge in [-0.05, 0) is 47.0 Å². The molecule has 3 rings (SSSR count). The Labute approximate surface area is 156 Å². The normalized spacial score (nSPS) is 15.8. The van der Waals surface area contributed by atoms with Crippen molar-refractivity contribution in [2.45, 2.75) is 25.1 Å². The van der Waals surface area contributed by atoms with E-state index >= 15 is 0 Å². The first-order chi connectivity index (χ1) is 12.3. The van der Waals surface area contributed by atoms with Gasteiger partial charge in [-0.15, -0.1) is 0 Å². The number of alkyl halides is 3. The van der Waals surface area contributed by atoms with E-state index in [0.29, 0.717) is 41.8 Å². The van der Waals surface area contributed by atoms with E-state index in [1.165, 1.54) is 0 Å². The lowest BCUT2D eigenvalue weighted by atomic mass is 10.0. The lowest BCUT2D eigenvalue weighted by Crippen LogP contribution is -2.45. The number of piperidine rings is 1. The molecule has 0 saturated carbocycles. The van der Waals surface area contributed by atoms with Crippen molar-refractivity contribution < 1.29 is 18.0 Å². The second kappa shape index (κ2) is 7.61. The average molecular weight is 429 g/mol. The Kier molecular flexibility index (Phi) is 5.45. The van der Waals surface area contributed by atoms with Crippen LogP contribution >= 0.6 is 15.9 Å². The first-order valence-electron chi connectivity index (χ1n) is 8.03. The standard InChI is InChI=1S/C17H16BrF3N4O/c18-14-9-12(17(19,20)21)10-23-15(14)25-7-3-13(4-8-25)24-16(26)11-1-5-22-6-2-11/h1-2,5-6,9-10,13H,3-4,7-8H2,(H,24,26). The molecule has 1 aliphatic heterocycles. The number of aromatic nitrogens is 2. The number of pyridine rings is 2.